The molecule has 0 bridgehead atoms. The summed E-state index contributed by atoms with van der Waals surface area (Å²) in [7, 11) is 1.88. The van der Waals surface area contributed by atoms with Crippen LogP contribution in [0.2, 0.25) is 0 Å². The highest BCUT2D eigenvalue weighted by atomic mass is 127. The van der Waals surface area contributed by atoms with Gasteiger partial charge >= 0.3 is 0 Å². The van der Waals surface area contributed by atoms with Gasteiger partial charge in [0.1, 0.15) is 0 Å². The Labute approximate surface area is 163 Å². The number of aliphatic imine (C=N–C) groups is 1. The minimum absolute atomic E-state index is 0. The van der Waals surface area contributed by atoms with Crippen LogP contribution >= 0.6 is 24.0 Å². The zero-order valence-electron chi connectivity index (χ0n) is 15.1. The molecule has 0 aromatic carbocycles. The molecule has 2 saturated heterocycles. The second kappa shape index (κ2) is 8.72. The topological polar surface area (TPSA) is 56.7 Å². The van der Waals surface area contributed by atoms with Crippen LogP contribution < -0.4 is 10.6 Å². The van der Waals surface area contributed by atoms with Crippen LogP contribution in [0.25, 0.3) is 0 Å². The Hall–Kier alpha value is -0.530. The van der Waals surface area contributed by atoms with Gasteiger partial charge in [0.15, 0.2) is 5.96 Å². The molecule has 2 aliphatic heterocycles. The molecule has 0 radical (unpaired) electrons. The standard InChI is InChI=1S/C18H32N4O.HI/c1-14-6-3-4-7-15(14)11-20-17(19-2)22-9-5-8-18(13-22)10-16(23)21-12-18;/h14-15H,3-13H2,1-2H3,(H,19,20)(H,21,23);1H. The van der Waals surface area contributed by atoms with E-state index in [0.717, 1.165) is 56.8 Å². The maximum Gasteiger partial charge on any atom is 0.220 e. The lowest BCUT2D eigenvalue weighted by atomic mass is 9.79. The Morgan fingerprint density at radius 1 is 1.38 bits per heavy atom. The monoisotopic (exact) mass is 448 g/mol. The van der Waals surface area contributed by atoms with Crippen LogP contribution in [0.5, 0.6) is 0 Å². The molecule has 1 amide bonds. The molecular weight excluding hydrogens is 415 g/mol. The fourth-order valence-corrected chi connectivity index (χ4v) is 4.68. The number of guanidine groups is 1. The number of hydrogen-bond donors (Lipinski definition) is 2. The van der Waals surface area contributed by atoms with Crippen LogP contribution in [-0.4, -0.2) is 50.0 Å². The fraction of sp³-hybridized carbons (Fsp3) is 0.889. The van der Waals surface area contributed by atoms with Gasteiger partial charge < -0.3 is 15.5 Å². The second-order valence-corrected chi connectivity index (χ2v) is 7.93. The van der Waals surface area contributed by atoms with Crippen LogP contribution in [0.4, 0.5) is 0 Å². The molecule has 2 heterocycles. The molecule has 3 aliphatic rings. The van der Waals surface area contributed by atoms with Crippen molar-refractivity contribution in [1.82, 2.24) is 15.5 Å². The zero-order chi connectivity index (χ0) is 16.3. The smallest absolute Gasteiger partial charge is 0.220 e. The lowest BCUT2D eigenvalue weighted by molar-refractivity contribution is -0.119. The molecule has 0 aromatic heterocycles. The lowest BCUT2D eigenvalue weighted by Crippen LogP contribution is -2.52. The normalized spacial score (nSPS) is 34.0. The highest BCUT2D eigenvalue weighted by Gasteiger charge is 2.42. The molecule has 3 atom stereocenters. The van der Waals surface area contributed by atoms with E-state index in [1.165, 1.54) is 25.7 Å². The van der Waals surface area contributed by atoms with Crippen molar-refractivity contribution in [3.8, 4) is 0 Å². The molecule has 3 rings (SSSR count). The van der Waals surface area contributed by atoms with Gasteiger partial charge in [-0.05, 0) is 31.1 Å². The molecule has 2 N–H and O–H groups in total. The number of nitrogens with zero attached hydrogens (tertiary/aromatic N) is 2. The Morgan fingerprint density at radius 3 is 2.83 bits per heavy atom. The number of piperidine rings is 1. The maximum absolute atomic E-state index is 11.7. The Kier molecular flexibility index (Phi) is 7.19. The van der Waals surface area contributed by atoms with E-state index >= 15 is 0 Å². The summed E-state index contributed by atoms with van der Waals surface area (Å²) < 4.78 is 0. The van der Waals surface area contributed by atoms with Gasteiger partial charge in [-0.25, -0.2) is 0 Å². The van der Waals surface area contributed by atoms with E-state index in [2.05, 4.69) is 27.4 Å². The Bertz CT molecular complexity index is 470. The first-order chi connectivity index (χ1) is 11.1. The van der Waals surface area contributed by atoms with Gasteiger partial charge in [-0.3, -0.25) is 9.79 Å². The van der Waals surface area contributed by atoms with Gasteiger partial charge in [0.05, 0.1) is 0 Å². The predicted molar refractivity (Wildman–Crippen MR) is 109 cm³/mol. The van der Waals surface area contributed by atoms with Crippen LogP contribution in [0.15, 0.2) is 4.99 Å². The summed E-state index contributed by atoms with van der Waals surface area (Å²) in [5, 5.41) is 6.65. The van der Waals surface area contributed by atoms with Crippen molar-refractivity contribution < 1.29 is 4.79 Å². The van der Waals surface area contributed by atoms with Crippen LogP contribution in [0.3, 0.4) is 0 Å². The van der Waals surface area contributed by atoms with E-state index in [0.29, 0.717) is 6.42 Å². The van der Waals surface area contributed by atoms with Crippen LogP contribution in [0, 0.1) is 17.3 Å². The van der Waals surface area contributed by atoms with Gasteiger partial charge in [0.25, 0.3) is 0 Å². The molecule has 5 nitrogen and oxygen atoms in total. The van der Waals surface area contributed by atoms with Gasteiger partial charge in [-0.2, -0.15) is 0 Å². The first-order valence-electron chi connectivity index (χ1n) is 9.34. The van der Waals surface area contributed by atoms with Crippen molar-refractivity contribution >= 4 is 35.8 Å². The number of likely N-dealkylation sites (tertiary alicyclic amines) is 1. The summed E-state index contributed by atoms with van der Waals surface area (Å²) in [5.74, 6) is 2.83. The number of carbonyl (C=O) groups is 1. The fourth-order valence-electron chi connectivity index (χ4n) is 4.68. The Morgan fingerprint density at radius 2 is 2.17 bits per heavy atom. The summed E-state index contributed by atoms with van der Waals surface area (Å²) in [6, 6.07) is 0. The van der Waals surface area contributed by atoms with Crippen molar-refractivity contribution in [2.24, 2.45) is 22.2 Å². The average Bonchev–Trinajstić information content (AvgIpc) is 2.90. The third-order valence-corrected chi connectivity index (χ3v) is 6.18. The molecule has 1 saturated carbocycles. The van der Waals surface area contributed by atoms with Gasteiger partial charge in [0, 0.05) is 45.1 Å². The van der Waals surface area contributed by atoms with Gasteiger partial charge in [0.2, 0.25) is 5.91 Å². The van der Waals surface area contributed by atoms with Crippen molar-refractivity contribution in [3.05, 3.63) is 0 Å². The predicted octanol–water partition coefficient (Wildman–Crippen LogP) is 2.61. The first kappa shape index (κ1) is 19.8. The van der Waals surface area contributed by atoms with E-state index < -0.39 is 0 Å². The average molecular weight is 448 g/mol. The number of hydrogen-bond acceptors (Lipinski definition) is 2. The molecule has 0 aromatic rings. The minimum Gasteiger partial charge on any atom is -0.356 e. The molecule has 1 aliphatic carbocycles. The summed E-state index contributed by atoms with van der Waals surface area (Å²) in [4.78, 5) is 18.5. The van der Waals surface area contributed by atoms with Crippen molar-refractivity contribution in [2.45, 2.75) is 51.9 Å². The van der Waals surface area contributed by atoms with Gasteiger partial charge in [-0.1, -0.05) is 26.2 Å². The zero-order valence-corrected chi connectivity index (χ0v) is 17.5. The first-order valence-corrected chi connectivity index (χ1v) is 9.34. The molecule has 6 heteroatoms. The SMILES string of the molecule is CN=C(NCC1CCCCC1C)N1CCCC2(CNC(=O)C2)C1.I. The largest absolute Gasteiger partial charge is 0.356 e. The summed E-state index contributed by atoms with van der Waals surface area (Å²) in [6.45, 7) is 6.26. The summed E-state index contributed by atoms with van der Waals surface area (Å²) in [6.07, 6.45) is 8.45. The minimum atomic E-state index is 0. The van der Waals surface area contributed by atoms with Crippen molar-refractivity contribution in [3.63, 3.8) is 0 Å². The highest BCUT2D eigenvalue weighted by Crippen LogP contribution is 2.36. The molecule has 1 spiro atoms. The van der Waals surface area contributed by atoms with E-state index in [-0.39, 0.29) is 35.3 Å². The number of rotatable bonds is 2. The van der Waals surface area contributed by atoms with E-state index in [9.17, 15) is 4.79 Å². The molecule has 3 unspecified atom stereocenters. The van der Waals surface area contributed by atoms with Gasteiger partial charge in [-0.15, -0.1) is 24.0 Å². The molecule has 24 heavy (non-hydrogen) atoms. The van der Waals surface area contributed by atoms with E-state index in [1.54, 1.807) is 0 Å². The quantitative estimate of drug-likeness (QED) is 0.388. The van der Waals surface area contributed by atoms with Crippen LogP contribution in [0.1, 0.15) is 51.9 Å². The maximum atomic E-state index is 11.7. The third kappa shape index (κ3) is 4.55. The van der Waals surface area contributed by atoms with E-state index in [1.807, 2.05) is 7.05 Å². The van der Waals surface area contributed by atoms with Crippen molar-refractivity contribution in [2.75, 3.05) is 33.2 Å². The summed E-state index contributed by atoms with van der Waals surface area (Å²) in [5.41, 5.74) is 0.130. The molecule has 3 fully saturated rings. The van der Waals surface area contributed by atoms with Crippen molar-refractivity contribution in [1.29, 1.82) is 0 Å². The third-order valence-electron chi connectivity index (χ3n) is 6.18. The highest BCUT2D eigenvalue weighted by molar-refractivity contribution is 14.0. The molecule has 138 valence electrons. The Balaban J connectivity index is 0.00000208. The second-order valence-electron chi connectivity index (χ2n) is 7.93. The number of halogens is 1. The summed E-state index contributed by atoms with van der Waals surface area (Å²) >= 11 is 0. The lowest BCUT2D eigenvalue weighted by Gasteiger charge is -2.41. The number of amides is 1. The van der Waals surface area contributed by atoms with Crippen LogP contribution in [-0.2, 0) is 4.79 Å². The molecular formula is C18H33IN4O. The number of carbonyl (C=O) groups excluding carboxylic acids is 1. The van der Waals surface area contributed by atoms with E-state index in [4.69, 9.17) is 0 Å². The number of nitrogens with one attached hydrogen (secondary N) is 2.